The lowest BCUT2D eigenvalue weighted by Crippen LogP contribution is -2.42. The normalized spacial score (nSPS) is 23.0. The van der Waals surface area contributed by atoms with Gasteiger partial charge in [-0.3, -0.25) is 9.69 Å². The molecule has 1 aromatic heterocycles. The number of ether oxygens (including phenoxy) is 2. The quantitative estimate of drug-likeness (QED) is 0.742. The third-order valence-electron chi connectivity index (χ3n) is 3.62. The topological polar surface area (TPSA) is 64.6 Å². The highest BCUT2D eigenvalue weighted by molar-refractivity contribution is 5.77. The SMILES string of the molecule is CCOc1ncnc2c1CN([C@@H]1CCOC1=O)CC2. The lowest BCUT2D eigenvalue weighted by Gasteiger charge is -2.31. The lowest BCUT2D eigenvalue weighted by molar-refractivity contribution is -0.142. The number of rotatable bonds is 3. The van der Waals surface area contributed by atoms with Crippen molar-refractivity contribution in [3.05, 3.63) is 17.6 Å². The van der Waals surface area contributed by atoms with Crippen molar-refractivity contribution in [2.24, 2.45) is 0 Å². The summed E-state index contributed by atoms with van der Waals surface area (Å²) in [6, 6.07) is -0.122. The first-order chi connectivity index (χ1) is 9.29. The molecule has 0 spiro atoms. The van der Waals surface area contributed by atoms with E-state index in [-0.39, 0.29) is 12.0 Å². The molecule has 0 aliphatic carbocycles. The first kappa shape index (κ1) is 12.3. The van der Waals surface area contributed by atoms with Gasteiger partial charge >= 0.3 is 5.97 Å². The first-order valence-corrected chi connectivity index (χ1v) is 6.66. The molecule has 0 bridgehead atoms. The monoisotopic (exact) mass is 263 g/mol. The van der Waals surface area contributed by atoms with Gasteiger partial charge in [-0.1, -0.05) is 0 Å². The Bertz CT molecular complexity index is 492. The molecule has 2 aliphatic heterocycles. The van der Waals surface area contributed by atoms with Crippen molar-refractivity contribution in [3.8, 4) is 5.88 Å². The molecule has 3 heterocycles. The fraction of sp³-hybridized carbons (Fsp3) is 0.615. The van der Waals surface area contributed by atoms with Crippen LogP contribution in [0.4, 0.5) is 0 Å². The Morgan fingerprint density at radius 1 is 1.53 bits per heavy atom. The van der Waals surface area contributed by atoms with E-state index in [1.54, 1.807) is 6.33 Å². The maximum absolute atomic E-state index is 11.7. The van der Waals surface area contributed by atoms with Crippen LogP contribution in [0.2, 0.25) is 0 Å². The minimum atomic E-state index is -0.122. The van der Waals surface area contributed by atoms with E-state index in [9.17, 15) is 4.79 Å². The van der Waals surface area contributed by atoms with Crippen molar-refractivity contribution in [1.29, 1.82) is 0 Å². The fourth-order valence-corrected chi connectivity index (χ4v) is 2.68. The van der Waals surface area contributed by atoms with Gasteiger partial charge in [0.25, 0.3) is 0 Å². The second-order valence-corrected chi connectivity index (χ2v) is 4.73. The zero-order valence-corrected chi connectivity index (χ0v) is 11.0. The van der Waals surface area contributed by atoms with Gasteiger partial charge < -0.3 is 9.47 Å². The van der Waals surface area contributed by atoms with E-state index in [4.69, 9.17) is 9.47 Å². The number of carbonyl (C=O) groups is 1. The Morgan fingerprint density at radius 2 is 2.42 bits per heavy atom. The van der Waals surface area contributed by atoms with E-state index < -0.39 is 0 Å². The number of fused-ring (bicyclic) bond motifs is 1. The number of carbonyl (C=O) groups excluding carboxylic acids is 1. The molecule has 19 heavy (non-hydrogen) atoms. The van der Waals surface area contributed by atoms with E-state index in [0.29, 0.717) is 25.6 Å². The Kier molecular flexibility index (Phi) is 3.33. The molecule has 102 valence electrons. The van der Waals surface area contributed by atoms with Gasteiger partial charge in [0.05, 0.1) is 18.9 Å². The van der Waals surface area contributed by atoms with Gasteiger partial charge in [0.2, 0.25) is 5.88 Å². The average Bonchev–Trinajstić information content (AvgIpc) is 2.85. The molecule has 0 radical (unpaired) electrons. The highest BCUT2D eigenvalue weighted by Crippen LogP contribution is 2.27. The predicted octanol–water partition coefficient (Wildman–Crippen LogP) is 0.549. The number of nitrogens with zero attached hydrogens (tertiary/aromatic N) is 3. The number of cyclic esters (lactones) is 1. The fourth-order valence-electron chi connectivity index (χ4n) is 2.68. The van der Waals surface area contributed by atoms with Crippen LogP contribution in [0.3, 0.4) is 0 Å². The summed E-state index contributed by atoms with van der Waals surface area (Å²) < 4.78 is 10.6. The Morgan fingerprint density at radius 3 is 3.16 bits per heavy atom. The van der Waals surface area contributed by atoms with Crippen LogP contribution in [0.5, 0.6) is 5.88 Å². The Hall–Kier alpha value is -1.69. The van der Waals surface area contributed by atoms with Gasteiger partial charge in [-0.05, 0) is 6.92 Å². The van der Waals surface area contributed by atoms with Crippen molar-refractivity contribution < 1.29 is 14.3 Å². The van der Waals surface area contributed by atoms with Crippen LogP contribution >= 0.6 is 0 Å². The van der Waals surface area contributed by atoms with Crippen LogP contribution in [0.25, 0.3) is 0 Å². The summed E-state index contributed by atoms with van der Waals surface area (Å²) in [6.07, 6.45) is 3.14. The average molecular weight is 263 g/mol. The van der Waals surface area contributed by atoms with Crippen LogP contribution in [-0.4, -0.2) is 46.6 Å². The van der Waals surface area contributed by atoms with Gasteiger partial charge in [0.15, 0.2) is 0 Å². The molecule has 0 unspecified atom stereocenters. The summed E-state index contributed by atoms with van der Waals surface area (Å²) in [5, 5.41) is 0. The van der Waals surface area contributed by atoms with Gasteiger partial charge in [-0.15, -0.1) is 0 Å². The number of hydrogen-bond acceptors (Lipinski definition) is 6. The minimum Gasteiger partial charge on any atom is -0.478 e. The largest absolute Gasteiger partial charge is 0.478 e. The van der Waals surface area contributed by atoms with Gasteiger partial charge in [0.1, 0.15) is 12.4 Å². The maximum Gasteiger partial charge on any atom is 0.323 e. The van der Waals surface area contributed by atoms with Crippen LogP contribution in [-0.2, 0) is 22.5 Å². The molecule has 1 aromatic rings. The molecule has 1 saturated heterocycles. The Balaban J connectivity index is 1.83. The highest BCUT2D eigenvalue weighted by Gasteiger charge is 2.35. The van der Waals surface area contributed by atoms with Crippen molar-refractivity contribution in [2.75, 3.05) is 19.8 Å². The van der Waals surface area contributed by atoms with Crippen molar-refractivity contribution in [3.63, 3.8) is 0 Å². The zero-order valence-electron chi connectivity index (χ0n) is 11.0. The van der Waals surface area contributed by atoms with E-state index in [2.05, 4.69) is 14.9 Å². The highest BCUT2D eigenvalue weighted by atomic mass is 16.5. The molecular weight excluding hydrogens is 246 g/mol. The van der Waals surface area contributed by atoms with E-state index in [1.807, 2.05) is 6.92 Å². The molecule has 0 N–H and O–H groups in total. The predicted molar refractivity (Wildman–Crippen MR) is 66.7 cm³/mol. The summed E-state index contributed by atoms with van der Waals surface area (Å²) in [7, 11) is 0. The molecule has 2 aliphatic rings. The third kappa shape index (κ3) is 2.28. The molecule has 1 atom stereocenters. The van der Waals surface area contributed by atoms with Crippen molar-refractivity contribution in [1.82, 2.24) is 14.9 Å². The minimum absolute atomic E-state index is 0.113. The zero-order chi connectivity index (χ0) is 13.2. The van der Waals surface area contributed by atoms with E-state index >= 15 is 0 Å². The van der Waals surface area contributed by atoms with Crippen molar-refractivity contribution in [2.45, 2.75) is 32.4 Å². The van der Waals surface area contributed by atoms with Crippen LogP contribution in [0.15, 0.2) is 6.33 Å². The summed E-state index contributed by atoms with van der Waals surface area (Å²) in [5.74, 6) is 0.529. The molecular formula is C13H17N3O3. The molecule has 0 amide bonds. The second kappa shape index (κ2) is 5.13. The van der Waals surface area contributed by atoms with Crippen LogP contribution in [0, 0.1) is 0 Å². The summed E-state index contributed by atoms with van der Waals surface area (Å²) >= 11 is 0. The second-order valence-electron chi connectivity index (χ2n) is 4.73. The van der Waals surface area contributed by atoms with Gasteiger partial charge in [0, 0.05) is 31.5 Å². The van der Waals surface area contributed by atoms with Gasteiger partial charge in [-0.2, -0.15) is 0 Å². The number of aromatic nitrogens is 2. The molecule has 6 heteroatoms. The van der Waals surface area contributed by atoms with Crippen molar-refractivity contribution >= 4 is 5.97 Å². The smallest absolute Gasteiger partial charge is 0.323 e. The maximum atomic E-state index is 11.7. The molecule has 0 saturated carbocycles. The van der Waals surface area contributed by atoms with Gasteiger partial charge in [-0.25, -0.2) is 9.97 Å². The molecule has 3 rings (SSSR count). The standard InChI is InChI=1S/C13H17N3O3/c1-2-18-12-9-7-16(11-4-6-19-13(11)17)5-3-10(9)14-8-15-12/h8,11H,2-7H2,1H3/t11-/m1/s1. The Labute approximate surface area is 111 Å². The lowest BCUT2D eigenvalue weighted by atomic mass is 10.0. The molecule has 1 fully saturated rings. The van der Waals surface area contributed by atoms with Crippen LogP contribution < -0.4 is 4.74 Å². The summed E-state index contributed by atoms with van der Waals surface area (Å²) in [5.41, 5.74) is 2.04. The number of hydrogen-bond donors (Lipinski definition) is 0. The molecule has 6 nitrogen and oxygen atoms in total. The summed E-state index contributed by atoms with van der Waals surface area (Å²) in [6.45, 7) is 4.52. The van der Waals surface area contributed by atoms with E-state index in [0.717, 1.165) is 30.6 Å². The third-order valence-corrected chi connectivity index (χ3v) is 3.62. The summed E-state index contributed by atoms with van der Waals surface area (Å²) in [4.78, 5) is 22.3. The first-order valence-electron chi connectivity index (χ1n) is 6.66. The number of esters is 1. The molecule has 0 aromatic carbocycles. The van der Waals surface area contributed by atoms with Crippen LogP contribution in [0.1, 0.15) is 24.6 Å². The van der Waals surface area contributed by atoms with E-state index in [1.165, 1.54) is 0 Å².